The molecule has 1 aromatic carbocycles. The van der Waals surface area contributed by atoms with E-state index in [2.05, 4.69) is 4.40 Å². The molecule has 1 aromatic rings. The van der Waals surface area contributed by atoms with E-state index < -0.39 is 26.5 Å². The van der Waals surface area contributed by atoms with Gasteiger partial charge >= 0.3 is 0 Å². The zero-order chi connectivity index (χ0) is 14.6. The van der Waals surface area contributed by atoms with Crippen molar-refractivity contribution in [3.63, 3.8) is 0 Å². The molecule has 0 amide bonds. The maximum Gasteiger partial charge on any atom is 0.269 e. The Morgan fingerprint density at radius 3 is 2.63 bits per heavy atom. The van der Waals surface area contributed by atoms with E-state index in [-0.39, 0.29) is 17.7 Å². The largest absolute Gasteiger partial charge is 0.269 e. The third-order valence-corrected chi connectivity index (χ3v) is 3.63. The van der Waals surface area contributed by atoms with Crippen molar-refractivity contribution >= 4 is 22.9 Å². The lowest BCUT2D eigenvalue weighted by Crippen LogP contribution is -2.19. The molecule has 1 rings (SSSR count). The summed E-state index contributed by atoms with van der Waals surface area (Å²) in [5.74, 6) is -0.543. The van der Waals surface area contributed by atoms with Gasteiger partial charge in [0.2, 0.25) is 0 Å². The first-order valence-electron chi connectivity index (χ1n) is 5.59. The maximum absolute atomic E-state index is 13.4. The van der Waals surface area contributed by atoms with E-state index in [9.17, 15) is 18.7 Å². The van der Waals surface area contributed by atoms with Crippen LogP contribution in [0.15, 0.2) is 22.6 Å². The molecule has 0 saturated carbocycles. The van der Waals surface area contributed by atoms with Crippen molar-refractivity contribution in [2.24, 2.45) is 4.40 Å². The SMILES string of the molecule is CC(C)(C)S(=O)N=CCc1cc([N+](=O)[O-])ccc1F. The zero-order valence-electron chi connectivity index (χ0n) is 10.9. The number of nitro groups is 1. The maximum atomic E-state index is 13.4. The Morgan fingerprint density at radius 1 is 1.47 bits per heavy atom. The van der Waals surface area contributed by atoms with Crippen molar-refractivity contribution in [1.29, 1.82) is 0 Å². The molecule has 0 aromatic heterocycles. The molecule has 7 heteroatoms. The van der Waals surface area contributed by atoms with Gasteiger partial charge in [-0.1, -0.05) is 0 Å². The summed E-state index contributed by atoms with van der Waals surface area (Å²) >= 11 is 0. The molecule has 0 radical (unpaired) electrons. The second kappa shape index (κ2) is 6.01. The molecule has 0 spiro atoms. The lowest BCUT2D eigenvalue weighted by molar-refractivity contribution is -0.385. The van der Waals surface area contributed by atoms with E-state index in [1.165, 1.54) is 6.21 Å². The van der Waals surface area contributed by atoms with E-state index in [1.54, 1.807) is 20.8 Å². The van der Waals surface area contributed by atoms with E-state index in [0.717, 1.165) is 18.2 Å². The van der Waals surface area contributed by atoms with Crippen molar-refractivity contribution in [3.05, 3.63) is 39.7 Å². The first-order valence-corrected chi connectivity index (χ1v) is 6.70. The number of rotatable bonds is 4. The molecule has 19 heavy (non-hydrogen) atoms. The molecule has 5 nitrogen and oxygen atoms in total. The number of hydrogen-bond acceptors (Lipinski definition) is 3. The quantitative estimate of drug-likeness (QED) is 0.485. The molecule has 1 unspecified atom stereocenters. The van der Waals surface area contributed by atoms with Crippen LogP contribution in [-0.2, 0) is 17.4 Å². The molecule has 1 atom stereocenters. The van der Waals surface area contributed by atoms with Crippen LogP contribution in [0.3, 0.4) is 0 Å². The summed E-state index contributed by atoms with van der Waals surface area (Å²) < 4.78 is 28.4. The number of hydrogen-bond donors (Lipinski definition) is 0. The van der Waals surface area contributed by atoms with Crippen LogP contribution in [0.1, 0.15) is 26.3 Å². The van der Waals surface area contributed by atoms with Gasteiger partial charge in [-0.15, -0.1) is 0 Å². The van der Waals surface area contributed by atoms with Gasteiger partial charge in [-0.3, -0.25) is 10.1 Å². The fourth-order valence-corrected chi connectivity index (χ4v) is 1.72. The zero-order valence-corrected chi connectivity index (χ0v) is 11.7. The number of halogens is 1. The minimum Gasteiger partial charge on any atom is -0.258 e. The Hall–Kier alpha value is -1.63. The van der Waals surface area contributed by atoms with Gasteiger partial charge < -0.3 is 0 Å². The predicted octanol–water partition coefficient (Wildman–Crippen LogP) is 2.81. The average molecular weight is 286 g/mol. The highest BCUT2D eigenvalue weighted by molar-refractivity contribution is 7.85. The smallest absolute Gasteiger partial charge is 0.258 e. The van der Waals surface area contributed by atoms with Gasteiger partial charge in [0, 0.05) is 24.8 Å². The summed E-state index contributed by atoms with van der Waals surface area (Å²) in [6.45, 7) is 5.32. The first kappa shape index (κ1) is 15.4. The van der Waals surface area contributed by atoms with Gasteiger partial charge in [-0.05, 0) is 32.4 Å². The topological polar surface area (TPSA) is 72.6 Å². The highest BCUT2D eigenvalue weighted by atomic mass is 32.2. The van der Waals surface area contributed by atoms with Crippen LogP contribution in [0, 0.1) is 15.9 Å². The Balaban J connectivity index is 2.83. The molecule has 0 N–H and O–H groups in total. The third kappa shape index (κ3) is 4.51. The van der Waals surface area contributed by atoms with Gasteiger partial charge in [-0.2, -0.15) is 4.40 Å². The van der Waals surface area contributed by atoms with E-state index >= 15 is 0 Å². The van der Waals surface area contributed by atoms with Gasteiger partial charge in [-0.25, -0.2) is 8.60 Å². The molecule has 0 heterocycles. The molecular formula is C12H15FN2O3S. The Bertz CT molecular complexity index is 538. The lowest BCUT2D eigenvalue weighted by atomic mass is 10.1. The molecule has 0 bridgehead atoms. The predicted molar refractivity (Wildman–Crippen MR) is 73.1 cm³/mol. The molecule has 0 saturated heterocycles. The monoisotopic (exact) mass is 286 g/mol. The minimum atomic E-state index is -1.42. The summed E-state index contributed by atoms with van der Waals surface area (Å²) in [6.07, 6.45) is 1.39. The summed E-state index contributed by atoms with van der Waals surface area (Å²) in [4.78, 5) is 9.99. The second-order valence-electron chi connectivity index (χ2n) is 4.89. The van der Waals surface area contributed by atoms with Crippen molar-refractivity contribution < 1.29 is 13.5 Å². The van der Waals surface area contributed by atoms with E-state index in [4.69, 9.17) is 0 Å². The molecule has 0 aliphatic heterocycles. The highest BCUT2D eigenvalue weighted by Gasteiger charge is 2.18. The highest BCUT2D eigenvalue weighted by Crippen LogP contribution is 2.17. The van der Waals surface area contributed by atoms with Crippen molar-refractivity contribution in [1.82, 2.24) is 0 Å². The van der Waals surface area contributed by atoms with Crippen LogP contribution in [0.2, 0.25) is 0 Å². The fourth-order valence-electron chi connectivity index (χ4n) is 1.19. The van der Waals surface area contributed by atoms with Gasteiger partial charge in [0.1, 0.15) is 16.8 Å². The normalized spacial score (nSPS) is 13.7. The molecule has 0 aliphatic carbocycles. The van der Waals surface area contributed by atoms with Crippen LogP contribution in [-0.4, -0.2) is 20.1 Å². The minimum absolute atomic E-state index is 0.0648. The number of nitrogens with zero attached hydrogens (tertiary/aromatic N) is 2. The average Bonchev–Trinajstić information content (AvgIpc) is 2.29. The summed E-state index contributed by atoms with van der Waals surface area (Å²) in [7, 11) is -1.42. The first-order chi connectivity index (χ1) is 8.71. The Kier molecular flexibility index (Phi) is 4.88. The van der Waals surface area contributed by atoms with Gasteiger partial charge in [0.25, 0.3) is 5.69 Å². The molecule has 104 valence electrons. The number of nitro benzene ring substituents is 1. The van der Waals surface area contributed by atoms with Crippen molar-refractivity contribution in [2.45, 2.75) is 31.9 Å². The van der Waals surface area contributed by atoms with Crippen molar-refractivity contribution in [2.75, 3.05) is 0 Å². The summed E-state index contributed by atoms with van der Waals surface area (Å²) in [5, 5.41) is 10.6. The molecule has 0 aliphatic rings. The Labute approximate surface area is 113 Å². The molecular weight excluding hydrogens is 271 g/mol. The number of non-ortho nitro benzene ring substituents is 1. The lowest BCUT2D eigenvalue weighted by Gasteiger charge is -2.12. The van der Waals surface area contributed by atoms with Gasteiger partial charge in [0.15, 0.2) is 0 Å². The van der Waals surface area contributed by atoms with Crippen molar-refractivity contribution in [3.8, 4) is 0 Å². The fraction of sp³-hybridized carbons (Fsp3) is 0.417. The van der Waals surface area contributed by atoms with Crippen LogP contribution in [0.4, 0.5) is 10.1 Å². The van der Waals surface area contributed by atoms with E-state index in [0.29, 0.717) is 0 Å². The van der Waals surface area contributed by atoms with Crippen LogP contribution in [0.25, 0.3) is 0 Å². The van der Waals surface area contributed by atoms with Gasteiger partial charge in [0.05, 0.1) is 9.67 Å². The van der Waals surface area contributed by atoms with E-state index in [1.807, 2.05) is 0 Å². The van der Waals surface area contributed by atoms with Crippen LogP contribution >= 0.6 is 0 Å². The summed E-state index contributed by atoms with van der Waals surface area (Å²) in [6, 6.07) is 3.30. The Morgan fingerprint density at radius 2 is 2.11 bits per heavy atom. The standard InChI is InChI=1S/C12H15FN2O3S/c1-12(2,3)19(18)14-7-6-9-8-10(15(16)17)4-5-11(9)13/h4-5,7-8H,6H2,1-3H3. The molecule has 0 fully saturated rings. The number of benzene rings is 1. The second-order valence-corrected chi connectivity index (χ2v) is 6.82. The van der Waals surface area contributed by atoms with Crippen LogP contribution < -0.4 is 0 Å². The third-order valence-electron chi connectivity index (χ3n) is 2.25. The van der Waals surface area contributed by atoms with Crippen LogP contribution in [0.5, 0.6) is 0 Å². The summed E-state index contributed by atoms with van der Waals surface area (Å²) in [5.41, 5.74) is -0.0226.